The number of alkyl halides is 3. The van der Waals surface area contributed by atoms with Gasteiger partial charge >= 0.3 is 6.18 Å². The van der Waals surface area contributed by atoms with E-state index in [0.717, 1.165) is 21.5 Å². The number of ketones is 1. The normalized spacial score (nSPS) is 14.2. The van der Waals surface area contributed by atoms with Crippen LogP contribution in [0, 0.1) is 5.41 Å². The first-order valence-electron chi connectivity index (χ1n) is 13.2. The van der Waals surface area contributed by atoms with Gasteiger partial charge in [0.1, 0.15) is 0 Å². The quantitative estimate of drug-likeness (QED) is 0.325. The van der Waals surface area contributed by atoms with E-state index in [9.17, 15) is 18.0 Å². The fourth-order valence-corrected chi connectivity index (χ4v) is 4.39. The first-order valence-corrected chi connectivity index (χ1v) is 13.2. The molecule has 0 radical (unpaired) electrons. The summed E-state index contributed by atoms with van der Waals surface area (Å²) in [7, 11) is 0. The first kappa shape index (κ1) is 30.0. The van der Waals surface area contributed by atoms with Gasteiger partial charge in [-0.1, -0.05) is 66.7 Å². The molecule has 10 heteroatoms. The van der Waals surface area contributed by atoms with Crippen LogP contribution in [0.25, 0.3) is 16.8 Å². The maximum absolute atomic E-state index is 13.2. The molecule has 7 nitrogen and oxygen atoms in total. The fraction of sp³-hybridized carbons (Fsp3) is 0.483. The highest BCUT2D eigenvalue weighted by Gasteiger charge is 2.39. The minimum Gasteiger partial charge on any atom is -0.362 e. The van der Waals surface area contributed by atoms with Crippen molar-refractivity contribution in [3.8, 4) is 11.3 Å². The summed E-state index contributed by atoms with van der Waals surface area (Å²) in [5.41, 5.74) is 3.53. The lowest BCUT2D eigenvalue weighted by Crippen LogP contribution is -2.35. The molecule has 1 aliphatic heterocycles. The summed E-state index contributed by atoms with van der Waals surface area (Å²) in [6.45, 7) is 16.2. The lowest BCUT2D eigenvalue weighted by Gasteiger charge is -2.30. The van der Waals surface area contributed by atoms with Gasteiger partial charge in [0, 0.05) is 35.3 Å². The first-order chi connectivity index (χ1) is 18.3. The van der Waals surface area contributed by atoms with Crippen LogP contribution in [0.3, 0.4) is 0 Å². The molecule has 0 N–H and O–H groups in total. The zero-order valence-electron chi connectivity index (χ0n) is 23.9. The SMILES string of the molecule is C/C=C(/C(=O)C(C)(C)C)c1nc(-c2cccc(N3CCn4c(nnc4C(F)(F)F)C3)c2)cnc1C(C)C.CC. The summed E-state index contributed by atoms with van der Waals surface area (Å²) in [5, 5.41) is 7.13. The molecular weight excluding hydrogens is 505 g/mol. The number of Topliss-reactive ketones (excluding diaryl/α,β-unsaturated/α-hetero) is 1. The lowest BCUT2D eigenvalue weighted by molar-refractivity contribution is -0.147. The number of rotatable bonds is 5. The number of hydrogen-bond acceptors (Lipinski definition) is 6. The van der Waals surface area contributed by atoms with Crippen LogP contribution in [0.2, 0.25) is 0 Å². The monoisotopic (exact) mass is 542 g/mol. The molecule has 3 aromatic rings. The number of aromatic nitrogens is 5. The summed E-state index contributed by atoms with van der Waals surface area (Å²) in [4.78, 5) is 24.8. The van der Waals surface area contributed by atoms with Crippen molar-refractivity contribution in [2.45, 2.75) is 80.6 Å². The van der Waals surface area contributed by atoms with Crippen molar-refractivity contribution in [2.75, 3.05) is 11.4 Å². The number of anilines is 1. The van der Waals surface area contributed by atoms with E-state index in [1.165, 1.54) is 0 Å². The molecule has 0 aliphatic carbocycles. The van der Waals surface area contributed by atoms with E-state index in [1.807, 2.05) is 84.6 Å². The summed E-state index contributed by atoms with van der Waals surface area (Å²) >= 11 is 0. The molecule has 3 heterocycles. The van der Waals surface area contributed by atoms with E-state index in [1.54, 1.807) is 12.3 Å². The number of halogens is 3. The third kappa shape index (κ3) is 6.37. The van der Waals surface area contributed by atoms with Gasteiger partial charge in [-0.3, -0.25) is 9.78 Å². The van der Waals surface area contributed by atoms with Crippen LogP contribution in [0.15, 0.2) is 36.5 Å². The molecular formula is C29H37F3N6O. The highest BCUT2D eigenvalue weighted by molar-refractivity contribution is 6.22. The Morgan fingerprint density at radius 1 is 1.08 bits per heavy atom. The Labute approximate surface area is 228 Å². The second-order valence-electron chi connectivity index (χ2n) is 10.5. The third-order valence-electron chi connectivity index (χ3n) is 6.33. The number of carbonyl (C=O) groups excluding carboxylic acids is 1. The maximum atomic E-state index is 13.2. The van der Waals surface area contributed by atoms with Gasteiger partial charge in [0.2, 0.25) is 5.82 Å². The summed E-state index contributed by atoms with van der Waals surface area (Å²) in [5.74, 6) is -0.634. The van der Waals surface area contributed by atoms with Crippen molar-refractivity contribution in [3.05, 3.63) is 59.6 Å². The summed E-state index contributed by atoms with van der Waals surface area (Å²) < 4.78 is 40.7. The molecule has 0 amide bonds. The number of fused-ring (bicyclic) bond motifs is 1. The Morgan fingerprint density at radius 2 is 1.77 bits per heavy atom. The Bertz CT molecular complexity index is 1350. The molecule has 0 bridgehead atoms. The molecule has 0 fully saturated rings. The number of nitrogens with zero attached hydrogens (tertiary/aromatic N) is 6. The lowest BCUT2D eigenvalue weighted by atomic mass is 9.84. The molecule has 1 aromatic carbocycles. The highest BCUT2D eigenvalue weighted by Crippen LogP contribution is 2.33. The van der Waals surface area contributed by atoms with Crippen LogP contribution < -0.4 is 4.90 Å². The molecule has 2 aromatic heterocycles. The van der Waals surface area contributed by atoms with E-state index in [4.69, 9.17) is 4.98 Å². The molecule has 210 valence electrons. The van der Waals surface area contributed by atoms with Gasteiger partial charge < -0.3 is 9.47 Å². The Balaban J connectivity index is 0.00000205. The summed E-state index contributed by atoms with van der Waals surface area (Å²) in [6, 6.07) is 7.61. The molecule has 1 aliphatic rings. The maximum Gasteiger partial charge on any atom is 0.451 e. The van der Waals surface area contributed by atoms with Crippen molar-refractivity contribution in [3.63, 3.8) is 0 Å². The molecule has 0 unspecified atom stereocenters. The Kier molecular flexibility index (Phi) is 8.98. The average molecular weight is 543 g/mol. The minimum absolute atomic E-state index is 0.00671. The van der Waals surface area contributed by atoms with Crippen molar-refractivity contribution in [1.82, 2.24) is 24.7 Å². The van der Waals surface area contributed by atoms with Crippen LogP contribution in [0.4, 0.5) is 18.9 Å². The van der Waals surface area contributed by atoms with E-state index in [-0.39, 0.29) is 30.6 Å². The van der Waals surface area contributed by atoms with Gasteiger partial charge in [0.05, 0.1) is 29.8 Å². The van der Waals surface area contributed by atoms with Crippen molar-refractivity contribution < 1.29 is 18.0 Å². The van der Waals surface area contributed by atoms with Gasteiger partial charge in [-0.25, -0.2) is 4.98 Å². The molecule has 4 rings (SSSR count). The van der Waals surface area contributed by atoms with Gasteiger partial charge in [-0.2, -0.15) is 13.2 Å². The molecule has 0 spiro atoms. The fourth-order valence-electron chi connectivity index (χ4n) is 4.39. The van der Waals surface area contributed by atoms with Crippen molar-refractivity contribution >= 4 is 17.0 Å². The average Bonchev–Trinajstić information content (AvgIpc) is 3.34. The second kappa shape index (κ2) is 11.7. The van der Waals surface area contributed by atoms with Gasteiger partial charge in [0.15, 0.2) is 11.6 Å². The van der Waals surface area contributed by atoms with Crippen LogP contribution in [0.1, 0.15) is 84.3 Å². The van der Waals surface area contributed by atoms with Crippen molar-refractivity contribution in [1.29, 1.82) is 0 Å². The topological polar surface area (TPSA) is 76.8 Å². The van der Waals surface area contributed by atoms with Gasteiger partial charge in [-0.05, 0) is 25.0 Å². The van der Waals surface area contributed by atoms with Crippen LogP contribution in [-0.4, -0.2) is 37.1 Å². The van der Waals surface area contributed by atoms with Gasteiger partial charge in [0.25, 0.3) is 0 Å². The Morgan fingerprint density at radius 3 is 2.36 bits per heavy atom. The van der Waals surface area contributed by atoms with Crippen molar-refractivity contribution in [2.24, 2.45) is 5.41 Å². The zero-order valence-corrected chi connectivity index (χ0v) is 23.9. The smallest absolute Gasteiger partial charge is 0.362 e. The molecule has 0 saturated carbocycles. The van der Waals surface area contributed by atoms with Crippen LogP contribution in [-0.2, 0) is 24.1 Å². The minimum atomic E-state index is -4.54. The largest absolute Gasteiger partial charge is 0.451 e. The number of allylic oxidation sites excluding steroid dienone is 2. The van der Waals surface area contributed by atoms with Crippen LogP contribution >= 0.6 is 0 Å². The number of carbonyl (C=O) groups is 1. The third-order valence-corrected chi connectivity index (χ3v) is 6.33. The predicted octanol–water partition coefficient (Wildman–Crippen LogP) is 6.94. The predicted molar refractivity (Wildman–Crippen MR) is 147 cm³/mol. The van der Waals surface area contributed by atoms with Crippen LogP contribution in [0.5, 0.6) is 0 Å². The Hall–Kier alpha value is -3.56. The van der Waals surface area contributed by atoms with E-state index in [2.05, 4.69) is 15.2 Å². The molecule has 0 atom stereocenters. The number of benzene rings is 1. The molecule has 0 saturated heterocycles. The van der Waals surface area contributed by atoms with Gasteiger partial charge in [-0.15, -0.1) is 10.2 Å². The second-order valence-corrected chi connectivity index (χ2v) is 10.5. The summed E-state index contributed by atoms with van der Waals surface area (Å²) in [6.07, 6.45) is -1.04. The number of hydrogen-bond donors (Lipinski definition) is 0. The standard InChI is InChI=1S/C27H31F3N6O.C2H6/c1-7-19(24(37)26(4,5)6)23-22(16(2)3)31-14-20(32-23)17-9-8-10-18(13-17)35-11-12-36-21(15-35)33-34-25(36)27(28,29)30;1-2/h7-10,13-14,16H,11-12,15H2,1-6H3;1-2H3/b19-7+;. The van der Waals surface area contributed by atoms with E-state index in [0.29, 0.717) is 23.5 Å². The zero-order chi connectivity index (χ0) is 29.1. The van der Waals surface area contributed by atoms with E-state index < -0.39 is 17.4 Å². The van der Waals surface area contributed by atoms with E-state index >= 15 is 0 Å². The molecule has 39 heavy (non-hydrogen) atoms. The highest BCUT2D eigenvalue weighted by atomic mass is 19.4.